The SMILES string of the molecule is Nc1cccc(Br)c1CN1CCN2C(=O)CCC2C1. The van der Waals surface area contributed by atoms with Gasteiger partial charge in [0, 0.05) is 54.4 Å². The van der Waals surface area contributed by atoms with E-state index >= 15 is 0 Å². The van der Waals surface area contributed by atoms with Gasteiger partial charge in [-0.05, 0) is 18.6 Å². The molecule has 0 aromatic heterocycles. The first-order valence-corrected chi connectivity index (χ1v) is 7.49. The Morgan fingerprint density at radius 1 is 1.37 bits per heavy atom. The highest BCUT2D eigenvalue weighted by molar-refractivity contribution is 9.10. The maximum Gasteiger partial charge on any atom is 0.222 e. The van der Waals surface area contributed by atoms with E-state index in [0.29, 0.717) is 11.9 Å². The molecule has 0 bridgehead atoms. The van der Waals surface area contributed by atoms with Crippen LogP contribution in [0.1, 0.15) is 18.4 Å². The minimum Gasteiger partial charge on any atom is -0.398 e. The van der Waals surface area contributed by atoms with E-state index in [-0.39, 0.29) is 0 Å². The third-order valence-corrected chi connectivity index (χ3v) is 4.86. The zero-order chi connectivity index (χ0) is 13.4. The third kappa shape index (κ3) is 2.49. The number of piperazine rings is 1. The Morgan fingerprint density at radius 3 is 3.00 bits per heavy atom. The Balaban J connectivity index is 1.70. The van der Waals surface area contributed by atoms with E-state index < -0.39 is 0 Å². The van der Waals surface area contributed by atoms with Crippen molar-refractivity contribution in [3.63, 3.8) is 0 Å². The van der Waals surface area contributed by atoms with Crippen molar-refractivity contribution < 1.29 is 4.79 Å². The van der Waals surface area contributed by atoms with Crippen LogP contribution in [0, 0.1) is 0 Å². The number of nitrogens with two attached hydrogens (primary N) is 1. The van der Waals surface area contributed by atoms with Crippen molar-refractivity contribution in [3.05, 3.63) is 28.2 Å². The predicted molar refractivity (Wildman–Crippen MR) is 78.6 cm³/mol. The molecular weight excluding hydrogens is 306 g/mol. The second kappa shape index (κ2) is 5.13. The molecule has 2 aliphatic rings. The number of hydrogen-bond acceptors (Lipinski definition) is 3. The average molecular weight is 324 g/mol. The summed E-state index contributed by atoms with van der Waals surface area (Å²) in [5, 5.41) is 0. The van der Waals surface area contributed by atoms with E-state index in [2.05, 4.69) is 20.8 Å². The van der Waals surface area contributed by atoms with Crippen LogP contribution in [0.4, 0.5) is 5.69 Å². The zero-order valence-electron chi connectivity index (χ0n) is 10.8. The van der Waals surface area contributed by atoms with Gasteiger partial charge in [0.2, 0.25) is 5.91 Å². The van der Waals surface area contributed by atoms with E-state index in [1.54, 1.807) is 0 Å². The quantitative estimate of drug-likeness (QED) is 0.845. The number of benzene rings is 1. The Kier molecular flexibility index (Phi) is 3.50. The number of carbonyl (C=O) groups excluding carboxylic acids is 1. The number of nitrogens with zero attached hydrogens (tertiary/aromatic N) is 2. The van der Waals surface area contributed by atoms with Crippen molar-refractivity contribution >= 4 is 27.5 Å². The highest BCUT2D eigenvalue weighted by Crippen LogP contribution is 2.27. The lowest BCUT2D eigenvalue weighted by Gasteiger charge is -2.37. The molecule has 2 saturated heterocycles. The summed E-state index contributed by atoms with van der Waals surface area (Å²) in [6, 6.07) is 6.33. The fourth-order valence-corrected chi connectivity index (χ4v) is 3.55. The number of hydrogen-bond donors (Lipinski definition) is 1. The minimum atomic E-state index is 0.324. The minimum absolute atomic E-state index is 0.324. The van der Waals surface area contributed by atoms with Crippen molar-refractivity contribution in [2.75, 3.05) is 25.4 Å². The van der Waals surface area contributed by atoms with E-state index in [4.69, 9.17) is 5.73 Å². The van der Waals surface area contributed by atoms with Crippen LogP contribution in [0.2, 0.25) is 0 Å². The third-order valence-electron chi connectivity index (χ3n) is 4.12. The maximum absolute atomic E-state index is 11.7. The second-order valence-electron chi connectivity index (χ2n) is 5.32. The van der Waals surface area contributed by atoms with Crippen LogP contribution in [0.25, 0.3) is 0 Å². The highest BCUT2D eigenvalue weighted by atomic mass is 79.9. The maximum atomic E-state index is 11.7. The number of fused-ring (bicyclic) bond motifs is 1. The smallest absolute Gasteiger partial charge is 0.222 e. The fraction of sp³-hybridized carbons (Fsp3) is 0.500. The molecule has 0 aliphatic carbocycles. The molecule has 2 N–H and O–H groups in total. The molecule has 0 saturated carbocycles. The Morgan fingerprint density at radius 2 is 2.21 bits per heavy atom. The molecule has 1 amide bonds. The summed E-state index contributed by atoms with van der Waals surface area (Å²) in [5.74, 6) is 0.324. The largest absolute Gasteiger partial charge is 0.398 e. The van der Waals surface area contributed by atoms with Gasteiger partial charge in [-0.1, -0.05) is 22.0 Å². The van der Waals surface area contributed by atoms with Gasteiger partial charge in [-0.3, -0.25) is 9.69 Å². The van der Waals surface area contributed by atoms with E-state index in [1.807, 2.05) is 23.1 Å². The van der Waals surface area contributed by atoms with E-state index in [0.717, 1.165) is 54.7 Å². The average Bonchev–Trinajstić information content (AvgIpc) is 2.76. The molecule has 102 valence electrons. The molecule has 2 heterocycles. The van der Waals surface area contributed by atoms with Crippen LogP contribution in [0.15, 0.2) is 22.7 Å². The summed E-state index contributed by atoms with van der Waals surface area (Å²) < 4.78 is 1.07. The first kappa shape index (κ1) is 12.9. The van der Waals surface area contributed by atoms with Crippen LogP contribution < -0.4 is 5.73 Å². The fourth-order valence-electron chi connectivity index (χ4n) is 3.04. The zero-order valence-corrected chi connectivity index (χ0v) is 12.4. The topological polar surface area (TPSA) is 49.6 Å². The molecule has 0 spiro atoms. The number of rotatable bonds is 2. The van der Waals surface area contributed by atoms with Crippen molar-refractivity contribution in [2.24, 2.45) is 0 Å². The van der Waals surface area contributed by atoms with Crippen molar-refractivity contribution in [2.45, 2.75) is 25.4 Å². The molecule has 2 aliphatic heterocycles. The summed E-state index contributed by atoms with van der Waals surface area (Å²) in [4.78, 5) is 16.1. The van der Waals surface area contributed by atoms with Gasteiger partial charge >= 0.3 is 0 Å². The summed E-state index contributed by atoms with van der Waals surface area (Å²) in [5.41, 5.74) is 8.03. The molecule has 2 fully saturated rings. The Labute approximate surface area is 121 Å². The molecule has 1 unspecified atom stereocenters. The molecular formula is C14H18BrN3O. The van der Waals surface area contributed by atoms with Gasteiger partial charge < -0.3 is 10.6 Å². The highest BCUT2D eigenvalue weighted by Gasteiger charge is 2.35. The molecule has 1 aromatic carbocycles. The van der Waals surface area contributed by atoms with Crippen molar-refractivity contribution in [1.82, 2.24) is 9.80 Å². The number of carbonyl (C=O) groups is 1. The first-order valence-electron chi connectivity index (χ1n) is 6.70. The number of halogens is 1. The number of nitrogen functional groups attached to an aromatic ring is 1. The van der Waals surface area contributed by atoms with Gasteiger partial charge in [-0.25, -0.2) is 0 Å². The first-order chi connectivity index (χ1) is 9.15. The molecule has 19 heavy (non-hydrogen) atoms. The second-order valence-corrected chi connectivity index (χ2v) is 6.18. The van der Waals surface area contributed by atoms with Gasteiger partial charge in [0.05, 0.1) is 0 Å². The summed E-state index contributed by atoms with van der Waals surface area (Å²) >= 11 is 3.57. The van der Waals surface area contributed by atoms with Gasteiger partial charge in [0.25, 0.3) is 0 Å². The van der Waals surface area contributed by atoms with Gasteiger partial charge in [0.15, 0.2) is 0 Å². The molecule has 0 radical (unpaired) electrons. The molecule has 4 nitrogen and oxygen atoms in total. The van der Waals surface area contributed by atoms with E-state index in [9.17, 15) is 4.79 Å². The normalized spacial score (nSPS) is 23.7. The Hall–Kier alpha value is -1.07. The molecule has 3 rings (SSSR count). The van der Waals surface area contributed by atoms with Crippen LogP contribution in [-0.4, -0.2) is 41.4 Å². The van der Waals surface area contributed by atoms with Gasteiger partial charge in [-0.2, -0.15) is 0 Å². The summed E-state index contributed by atoms with van der Waals surface area (Å²) in [6.45, 7) is 3.61. The summed E-state index contributed by atoms with van der Waals surface area (Å²) in [6.07, 6.45) is 1.72. The van der Waals surface area contributed by atoms with Crippen molar-refractivity contribution in [3.8, 4) is 0 Å². The van der Waals surface area contributed by atoms with Crippen LogP contribution in [-0.2, 0) is 11.3 Å². The van der Waals surface area contributed by atoms with Gasteiger partial charge in [0.1, 0.15) is 0 Å². The number of amides is 1. The predicted octanol–water partition coefficient (Wildman–Crippen LogP) is 1.84. The molecule has 1 atom stereocenters. The van der Waals surface area contributed by atoms with Crippen LogP contribution >= 0.6 is 15.9 Å². The lowest BCUT2D eigenvalue weighted by atomic mass is 10.1. The lowest BCUT2D eigenvalue weighted by Crippen LogP contribution is -2.51. The lowest BCUT2D eigenvalue weighted by molar-refractivity contribution is -0.130. The molecule has 5 heteroatoms. The Bertz CT molecular complexity index is 485. The standard InChI is InChI=1S/C14H18BrN3O/c15-12-2-1-3-13(16)11(12)9-17-6-7-18-10(8-17)4-5-14(18)19/h1-3,10H,4-9,16H2. The molecule has 1 aromatic rings. The summed E-state index contributed by atoms with van der Waals surface area (Å²) in [7, 11) is 0. The van der Waals surface area contributed by atoms with Gasteiger partial charge in [-0.15, -0.1) is 0 Å². The number of anilines is 1. The van der Waals surface area contributed by atoms with Crippen molar-refractivity contribution in [1.29, 1.82) is 0 Å². The van der Waals surface area contributed by atoms with Crippen LogP contribution in [0.3, 0.4) is 0 Å². The monoisotopic (exact) mass is 323 g/mol. The van der Waals surface area contributed by atoms with Crippen LogP contribution in [0.5, 0.6) is 0 Å². The van der Waals surface area contributed by atoms with E-state index in [1.165, 1.54) is 0 Å².